The minimum Gasteiger partial charge on any atom is -0.345 e. The summed E-state index contributed by atoms with van der Waals surface area (Å²) in [7, 11) is 1.56. The minimum absolute atomic E-state index is 0.222. The quantitative estimate of drug-likeness (QED) is 0.914. The molecule has 1 N–H and O–H groups in total. The molecule has 0 aliphatic carbocycles. The van der Waals surface area contributed by atoms with Crippen LogP contribution in [0.15, 0.2) is 10.7 Å². The predicted octanol–water partition coefficient (Wildman–Crippen LogP) is 1.57. The number of nitrogens with one attached hydrogen (secondary N) is 1. The van der Waals surface area contributed by atoms with Gasteiger partial charge in [0, 0.05) is 14.0 Å². The molecule has 1 heterocycles. The van der Waals surface area contributed by atoms with E-state index in [0.29, 0.717) is 4.47 Å². The van der Waals surface area contributed by atoms with Gasteiger partial charge in [0.25, 0.3) is 11.8 Å². The summed E-state index contributed by atoms with van der Waals surface area (Å²) >= 11 is 3.11. The maximum absolute atomic E-state index is 12.5. The van der Waals surface area contributed by atoms with Crippen molar-refractivity contribution in [1.29, 1.82) is 0 Å². The number of aryl methyl sites for hydroxylation is 1. The lowest BCUT2D eigenvalue weighted by Gasteiger charge is -2.11. The van der Waals surface area contributed by atoms with Crippen molar-refractivity contribution in [3.8, 4) is 0 Å². The molecule has 0 aliphatic heterocycles. The van der Waals surface area contributed by atoms with Crippen LogP contribution in [0.1, 0.15) is 17.4 Å². The third kappa shape index (κ3) is 3.26. The van der Waals surface area contributed by atoms with E-state index in [1.807, 2.05) is 0 Å². The molecule has 1 rings (SSSR count). The normalized spacial score (nSPS) is 11.5. The van der Waals surface area contributed by atoms with E-state index in [2.05, 4.69) is 26.3 Å². The predicted molar refractivity (Wildman–Crippen MR) is 53.9 cm³/mol. The lowest BCUT2D eigenvalue weighted by Crippen LogP contribution is -2.35. The van der Waals surface area contributed by atoms with Crippen molar-refractivity contribution in [2.24, 2.45) is 7.05 Å². The summed E-state index contributed by atoms with van der Waals surface area (Å²) in [6, 6.07) is 0. The number of halogens is 3. The van der Waals surface area contributed by atoms with Crippen molar-refractivity contribution in [3.63, 3.8) is 0 Å². The Kier molecular flexibility index (Phi) is 3.43. The van der Waals surface area contributed by atoms with Crippen LogP contribution in [0.5, 0.6) is 0 Å². The molecule has 0 atom stereocenters. The van der Waals surface area contributed by atoms with Gasteiger partial charge in [0.15, 0.2) is 0 Å². The van der Waals surface area contributed by atoms with E-state index in [9.17, 15) is 13.6 Å². The van der Waals surface area contributed by atoms with E-state index in [0.717, 1.165) is 6.92 Å². The highest BCUT2D eigenvalue weighted by Gasteiger charge is 2.23. The molecule has 0 spiro atoms. The van der Waals surface area contributed by atoms with Crippen LogP contribution in [0.25, 0.3) is 0 Å². The molecule has 0 bridgehead atoms. The van der Waals surface area contributed by atoms with Crippen LogP contribution < -0.4 is 5.32 Å². The van der Waals surface area contributed by atoms with Crippen LogP contribution >= 0.6 is 15.9 Å². The standard InChI is InChI=1S/C8H10BrF2N3O/c1-8(10,11)4-12-7(15)6-5(9)3-13-14(6)2/h3H,4H2,1-2H3,(H,12,15). The Hall–Kier alpha value is -0.980. The number of alkyl halides is 2. The molecule has 1 aromatic heterocycles. The maximum Gasteiger partial charge on any atom is 0.270 e. The van der Waals surface area contributed by atoms with Gasteiger partial charge in [-0.05, 0) is 15.9 Å². The van der Waals surface area contributed by atoms with Gasteiger partial charge in [-0.2, -0.15) is 5.10 Å². The zero-order valence-corrected chi connectivity index (χ0v) is 9.81. The Labute approximate surface area is 93.8 Å². The zero-order valence-electron chi connectivity index (χ0n) is 8.22. The van der Waals surface area contributed by atoms with Crippen molar-refractivity contribution in [1.82, 2.24) is 15.1 Å². The SMILES string of the molecule is Cn1ncc(Br)c1C(=O)NCC(C)(F)F. The van der Waals surface area contributed by atoms with E-state index in [-0.39, 0.29) is 5.69 Å². The summed E-state index contributed by atoms with van der Waals surface area (Å²) in [5.74, 6) is -3.50. The average Bonchev–Trinajstić information content (AvgIpc) is 2.41. The highest BCUT2D eigenvalue weighted by molar-refractivity contribution is 9.10. The summed E-state index contributed by atoms with van der Waals surface area (Å²) in [6.07, 6.45) is 1.43. The zero-order chi connectivity index (χ0) is 11.6. The van der Waals surface area contributed by atoms with Crippen molar-refractivity contribution >= 4 is 21.8 Å². The summed E-state index contributed by atoms with van der Waals surface area (Å²) in [4.78, 5) is 11.5. The second-order valence-corrected chi connectivity index (χ2v) is 4.07. The Morgan fingerprint density at radius 3 is 2.73 bits per heavy atom. The Balaban J connectivity index is 2.70. The number of rotatable bonds is 3. The highest BCUT2D eigenvalue weighted by Crippen LogP contribution is 2.15. The van der Waals surface area contributed by atoms with Gasteiger partial charge in [-0.15, -0.1) is 0 Å². The Morgan fingerprint density at radius 2 is 2.33 bits per heavy atom. The molecule has 0 aromatic carbocycles. The Bertz CT molecular complexity index is 353. The van der Waals surface area contributed by atoms with Crippen LogP contribution in [0.2, 0.25) is 0 Å². The van der Waals surface area contributed by atoms with Crippen LogP contribution in [-0.4, -0.2) is 28.2 Å². The number of aromatic nitrogens is 2. The molecule has 4 nitrogen and oxygen atoms in total. The summed E-state index contributed by atoms with van der Waals surface area (Å²) in [6.45, 7) is 0.0506. The number of carbonyl (C=O) groups is 1. The molecular weight excluding hydrogens is 272 g/mol. The van der Waals surface area contributed by atoms with Crippen LogP contribution in [0, 0.1) is 0 Å². The van der Waals surface area contributed by atoms with E-state index < -0.39 is 18.4 Å². The lowest BCUT2D eigenvalue weighted by atomic mass is 10.3. The van der Waals surface area contributed by atoms with Crippen molar-refractivity contribution in [3.05, 3.63) is 16.4 Å². The fourth-order valence-corrected chi connectivity index (χ4v) is 1.51. The van der Waals surface area contributed by atoms with E-state index in [1.165, 1.54) is 10.9 Å². The van der Waals surface area contributed by atoms with Gasteiger partial charge >= 0.3 is 0 Å². The monoisotopic (exact) mass is 281 g/mol. The first kappa shape index (κ1) is 12.1. The number of amides is 1. The van der Waals surface area contributed by atoms with Gasteiger partial charge in [0.1, 0.15) is 5.69 Å². The van der Waals surface area contributed by atoms with E-state index in [1.54, 1.807) is 7.05 Å². The molecule has 1 aromatic rings. The number of hydrogen-bond donors (Lipinski definition) is 1. The van der Waals surface area contributed by atoms with E-state index in [4.69, 9.17) is 0 Å². The van der Waals surface area contributed by atoms with Gasteiger partial charge < -0.3 is 5.32 Å². The molecule has 0 saturated carbocycles. The second-order valence-electron chi connectivity index (χ2n) is 3.22. The topological polar surface area (TPSA) is 46.9 Å². The van der Waals surface area contributed by atoms with Gasteiger partial charge in [-0.3, -0.25) is 9.48 Å². The fourth-order valence-electron chi connectivity index (χ4n) is 0.985. The summed E-state index contributed by atoms with van der Waals surface area (Å²) in [5, 5.41) is 5.93. The summed E-state index contributed by atoms with van der Waals surface area (Å²) < 4.78 is 26.7. The molecule has 0 radical (unpaired) electrons. The highest BCUT2D eigenvalue weighted by atomic mass is 79.9. The number of hydrogen-bond acceptors (Lipinski definition) is 2. The van der Waals surface area contributed by atoms with Crippen LogP contribution in [0.4, 0.5) is 8.78 Å². The minimum atomic E-state index is -2.92. The molecule has 0 aliphatic rings. The Morgan fingerprint density at radius 1 is 1.73 bits per heavy atom. The smallest absolute Gasteiger partial charge is 0.270 e. The molecular formula is C8H10BrF2N3O. The molecule has 84 valence electrons. The average molecular weight is 282 g/mol. The first-order valence-corrected chi connectivity index (χ1v) is 4.94. The van der Waals surface area contributed by atoms with Crippen LogP contribution in [-0.2, 0) is 7.05 Å². The van der Waals surface area contributed by atoms with Crippen molar-refractivity contribution in [2.75, 3.05) is 6.54 Å². The maximum atomic E-state index is 12.5. The molecule has 1 amide bonds. The van der Waals surface area contributed by atoms with Gasteiger partial charge in [0.05, 0.1) is 17.2 Å². The molecule has 0 saturated heterocycles. The van der Waals surface area contributed by atoms with Gasteiger partial charge in [-0.1, -0.05) is 0 Å². The van der Waals surface area contributed by atoms with Gasteiger partial charge in [0.2, 0.25) is 0 Å². The summed E-state index contributed by atoms with van der Waals surface area (Å²) in [5.41, 5.74) is 0.222. The number of carbonyl (C=O) groups excluding carboxylic acids is 1. The largest absolute Gasteiger partial charge is 0.345 e. The molecule has 0 unspecified atom stereocenters. The van der Waals surface area contributed by atoms with Crippen molar-refractivity contribution < 1.29 is 13.6 Å². The third-order valence-corrected chi connectivity index (χ3v) is 2.25. The molecule has 15 heavy (non-hydrogen) atoms. The first-order valence-electron chi connectivity index (χ1n) is 4.15. The molecule has 7 heteroatoms. The van der Waals surface area contributed by atoms with Crippen LogP contribution in [0.3, 0.4) is 0 Å². The lowest BCUT2D eigenvalue weighted by molar-refractivity contribution is 0.0219. The van der Waals surface area contributed by atoms with Crippen molar-refractivity contribution in [2.45, 2.75) is 12.8 Å². The first-order chi connectivity index (χ1) is 6.81. The third-order valence-electron chi connectivity index (χ3n) is 1.67. The second kappa shape index (κ2) is 4.26. The molecule has 0 fully saturated rings. The fraction of sp³-hybridized carbons (Fsp3) is 0.500. The van der Waals surface area contributed by atoms with Gasteiger partial charge in [-0.25, -0.2) is 8.78 Å². The van der Waals surface area contributed by atoms with E-state index >= 15 is 0 Å². The number of nitrogens with zero attached hydrogens (tertiary/aromatic N) is 2.